The molecule has 0 bridgehead atoms. The van der Waals surface area contributed by atoms with E-state index in [1.165, 1.54) is 0 Å². The number of carbonyl (C=O) groups is 1. The molecule has 1 N–H and O–H groups in total. The predicted octanol–water partition coefficient (Wildman–Crippen LogP) is 3.13. The smallest absolute Gasteiger partial charge is 0.264 e. The number of rotatable bonds is 6. The highest BCUT2D eigenvalue weighted by atomic mass is 32.1. The zero-order valence-electron chi connectivity index (χ0n) is 13.1. The fourth-order valence-corrected chi connectivity index (χ4v) is 2.56. The molecule has 1 aromatic carbocycles. The van der Waals surface area contributed by atoms with E-state index in [2.05, 4.69) is 14.7 Å². The summed E-state index contributed by atoms with van der Waals surface area (Å²) >= 11 is 1.08. The number of para-hydroxylation sites is 2. The number of methoxy groups -OCH3 is 1. The Morgan fingerprint density at radius 2 is 2.04 bits per heavy atom. The van der Waals surface area contributed by atoms with E-state index < -0.39 is 0 Å². The van der Waals surface area contributed by atoms with E-state index in [1.54, 1.807) is 31.4 Å². The molecule has 3 aromatic rings. The molecular weight excluding hydrogens is 330 g/mol. The largest absolute Gasteiger partial charge is 0.493 e. The highest BCUT2D eigenvalue weighted by Crippen LogP contribution is 2.26. The van der Waals surface area contributed by atoms with Crippen molar-refractivity contribution in [3.63, 3.8) is 0 Å². The van der Waals surface area contributed by atoms with Crippen LogP contribution in [-0.4, -0.2) is 29.0 Å². The maximum atomic E-state index is 12.0. The average Bonchev–Trinajstić information content (AvgIpc) is 3.22. The molecule has 0 unspecified atom stereocenters. The van der Waals surface area contributed by atoms with E-state index in [1.807, 2.05) is 19.1 Å². The first kappa shape index (κ1) is 16.0. The third kappa shape index (κ3) is 3.72. The van der Waals surface area contributed by atoms with Crippen LogP contribution >= 0.6 is 11.5 Å². The lowest BCUT2D eigenvalue weighted by molar-refractivity contribution is -0.118. The van der Waals surface area contributed by atoms with Gasteiger partial charge < -0.3 is 13.9 Å². The first-order valence-corrected chi connectivity index (χ1v) is 7.89. The summed E-state index contributed by atoms with van der Waals surface area (Å²) < 4.78 is 20.2. The molecule has 8 heteroatoms. The zero-order valence-corrected chi connectivity index (χ0v) is 13.9. The van der Waals surface area contributed by atoms with Crippen LogP contribution in [0.2, 0.25) is 0 Å². The summed E-state index contributed by atoms with van der Waals surface area (Å²) in [6.45, 7) is 1.68. The second-order valence-electron chi connectivity index (χ2n) is 4.82. The van der Waals surface area contributed by atoms with Gasteiger partial charge in [-0.15, -0.1) is 0 Å². The van der Waals surface area contributed by atoms with E-state index in [0.717, 1.165) is 17.3 Å². The minimum absolute atomic E-state index is 0.158. The number of aryl methyl sites for hydroxylation is 1. The molecule has 0 fully saturated rings. The van der Waals surface area contributed by atoms with Gasteiger partial charge in [-0.25, -0.2) is 0 Å². The Labute approximate surface area is 142 Å². The summed E-state index contributed by atoms with van der Waals surface area (Å²) in [5.74, 6) is 2.51. The molecule has 2 aromatic heterocycles. The van der Waals surface area contributed by atoms with Crippen LogP contribution in [-0.2, 0) is 4.79 Å². The molecule has 24 heavy (non-hydrogen) atoms. The van der Waals surface area contributed by atoms with E-state index >= 15 is 0 Å². The van der Waals surface area contributed by atoms with Crippen LogP contribution in [0, 0.1) is 6.92 Å². The van der Waals surface area contributed by atoms with Gasteiger partial charge in [0, 0.05) is 11.5 Å². The van der Waals surface area contributed by atoms with E-state index in [-0.39, 0.29) is 12.5 Å². The van der Waals surface area contributed by atoms with E-state index in [0.29, 0.717) is 28.2 Å². The third-order valence-corrected chi connectivity index (χ3v) is 3.69. The Balaban J connectivity index is 1.58. The SMILES string of the molecule is COc1ccccc1OCC(=O)Nc1nc(-c2ccc(C)o2)ns1. The lowest BCUT2D eigenvalue weighted by Gasteiger charge is -2.09. The maximum absolute atomic E-state index is 12.0. The summed E-state index contributed by atoms with van der Waals surface area (Å²) in [5.41, 5.74) is 0. The summed E-state index contributed by atoms with van der Waals surface area (Å²) in [4.78, 5) is 16.2. The van der Waals surface area contributed by atoms with Crippen molar-refractivity contribution in [3.05, 3.63) is 42.2 Å². The van der Waals surface area contributed by atoms with Gasteiger partial charge in [0.05, 0.1) is 7.11 Å². The number of amides is 1. The molecule has 0 atom stereocenters. The van der Waals surface area contributed by atoms with Gasteiger partial charge in [0.2, 0.25) is 11.0 Å². The van der Waals surface area contributed by atoms with Gasteiger partial charge in [0.25, 0.3) is 5.91 Å². The summed E-state index contributed by atoms with van der Waals surface area (Å²) in [6, 6.07) is 10.7. The van der Waals surface area contributed by atoms with Crippen LogP contribution in [0.15, 0.2) is 40.8 Å². The van der Waals surface area contributed by atoms with Gasteiger partial charge >= 0.3 is 0 Å². The Morgan fingerprint density at radius 3 is 2.75 bits per heavy atom. The van der Waals surface area contributed by atoms with Crippen molar-refractivity contribution >= 4 is 22.6 Å². The van der Waals surface area contributed by atoms with Gasteiger partial charge in [-0.2, -0.15) is 9.36 Å². The number of carbonyl (C=O) groups excluding carboxylic acids is 1. The van der Waals surface area contributed by atoms with E-state index in [9.17, 15) is 4.79 Å². The molecule has 7 nitrogen and oxygen atoms in total. The van der Waals surface area contributed by atoms with Gasteiger partial charge in [-0.05, 0) is 31.2 Å². The Morgan fingerprint density at radius 1 is 1.25 bits per heavy atom. The average molecular weight is 345 g/mol. The molecule has 0 radical (unpaired) electrons. The molecule has 0 spiro atoms. The minimum atomic E-state index is -0.334. The molecule has 3 rings (SSSR count). The van der Waals surface area contributed by atoms with Crippen molar-refractivity contribution in [3.8, 4) is 23.1 Å². The molecular formula is C16H15N3O4S. The van der Waals surface area contributed by atoms with Crippen LogP contribution in [0.5, 0.6) is 11.5 Å². The van der Waals surface area contributed by atoms with Crippen molar-refractivity contribution in [1.82, 2.24) is 9.36 Å². The third-order valence-electron chi connectivity index (χ3n) is 3.06. The Kier molecular flexibility index (Phi) is 4.76. The second kappa shape index (κ2) is 7.14. The fraction of sp³-hybridized carbons (Fsp3) is 0.188. The summed E-state index contributed by atoms with van der Waals surface area (Å²) in [5, 5.41) is 3.03. The maximum Gasteiger partial charge on any atom is 0.264 e. The highest BCUT2D eigenvalue weighted by Gasteiger charge is 2.13. The Hall–Kier alpha value is -2.87. The van der Waals surface area contributed by atoms with Gasteiger partial charge in [-0.3, -0.25) is 10.1 Å². The molecule has 0 aliphatic heterocycles. The van der Waals surface area contributed by atoms with Crippen molar-refractivity contribution in [2.75, 3.05) is 19.0 Å². The van der Waals surface area contributed by atoms with Crippen LogP contribution in [0.25, 0.3) is 11.6 Å². The number of hydrogen-bond acceptors (Lipinski definition) is 7. The lowest BCUT2D eigenvalue weighted by atomic mass is 10.3. The van der Waals surface area contributed by atoms with Crippen LogP contribution < -0.4 is 14.8 Å². The van der Waals surface area contributed by atoms with Crippen molar-refractivity contribution in [2.45, 2.75) is 6.92 Å². The van der Waals surface area contributed by atoms with E-state index in [4.69, 9.17) is 13.9 Å². The first-order valence-electron chi connectivity index (χ1n) is 7.12. The van der Waals surface area contributed by atoms with Gasteiger partial charge in [-0.1, -0.05) is 12.1 Å². The fourth-order valence-electron chi connectivity index (χ4n) is 1.97. The Bertz CT molecular complexity index is 843. The first-order chi connectivity index (χ1) is 11.7. The number of nitrogens with zero attached hydrogens (tertiary/aromatic N) is 2. The number of hydrogen-bond donors (Lipinski definition) is 1. The number of furan rings is 1. The monoisotopic (exact) mass is 345 g/mol. The van der Waals surface area contributed by atoms with Crippen molar-refractivity contribution in [2.24, 2.45) is 0 Å². The highest BCUT2D eigenvalue weighted by molar-refractivity contribution is 7.10. The number of ether oxygens (including phenoxy) is 2. The molecule has 0 aliphatic rings. The van der Waals surface area contributed by atoms with Crippen LogP contribution in [0.1, 0.15) is 5.76 Å². The lowest BCUT2D eigenvalue weighted by Crippen LogP contribution is -2.20. The minimum Gasteiger partial charge on any atom is -0.493 e. The van der Waals surface area contributed by atoms with Crippen LogP contribution in [0.3, 0.4) is 0 Å². The number of benzene rings is 1. The molecule has 0 aliphatic carbocycles. The van der Waals surface area contributed by atoms with Crippen molar-refractivity contribution < 1.29 is 18.7 Å². The number of anilines is 1. The molecule has 124 valence electrons. The summed E-state index contributed by atoms with van der Waals surface area (Å²) in [6.07, 6.45) is 0. The quantitative estimate of drug-likeness (QED) is 0.738. The van der Waals surface area contributed by atoms with Crippen molar-refractivity contribution in [1.29, 1.82) is 0 Å². The number of nitrogens with one attached hydrogen (secondary N) is 1. The molecule has 1 amide bonds. The van der Waals surface area contributed by atoms with Gasteiger partial charge in [0.15, 0.2) is 23.9 Å². The molecule has 0 saturated carbocycles. The van der Waals surface area contributed by atoms with Crippen LogP contribution in [0.4, 0.5) is 5.13 Å². The predicted molar refractivity (Wildman–Crippen MR) is 89.5 cm³/mol. The zero-order chi connectivity index (χ0) is 16.9. The topological polar surface area (TPSA) is 86.5 Å². The molecule has 2 heterocycles. The normalized spacial score (nSPS) is 10.4. The van der Waals surface area contributed by atoms with Gasteiger partial charge in [0.1, 0.15) is 5.76 Å². The standard InChI is InChI=1S/C16H15N3O4S/c1-10-7-8-13(23-10)15-18-16(24-19-15)17-14(20)9-22-12-6-4-3-5-11(12)21-2/h3-8H,9H2,1-2H3,(H,17,18,19,20). The second-order valence-corrected chi connectivity index (χ2v) is 5.57. The number of aromatic nitrogens is 2. The summed E-state index contributed by atoms with van der Waals surface area (Å²) in [7, 11) is 1.54. The molecule has 0 saturated heterocycles.